The van der Waals surface area contributed by atoms with E-state index in [1.807, 2.05) is 31.2 Å². The molecule has 258 valence electrons. The third kappa shape index (κ3) is 7.95. The Kier molecular flexibility index (Phi) is 10.8. The highest BCUT2D eigenvalue weighted by Gasteiger charge is 2.41. The molecular weight excluding hydrogens is 632 g/mol. The lowest BCUT2D eigenvalue weighted by atomic mass is 9.65. The second kappa shape index (κ2) is 14.7. The maximum Gasteiger partial charge on any atom is 0.264 e. The third-order valence-corrected chi connectivity index (χ3v) is 13.8. The number of likely N-dealkylation sites (N-methyl/N-ethyl adjacent to an activating group) is 1. The van der Waals surface area contributed by atoms with Crippen molar-refractivity contribution in [2.45, 2.75) is 83.1 Å². The number of anilines is 1. The van der Waals surface area contributed by atoms with E-state index in [4.69, 9.17) is 16.3 Å². The summed E-state index contributed by atoms with van der Waals surface area (Å²) in [7, 11) is 0.491. The molecule has 0 spiro atoms. The minimum absolute atomic E-state index is 0.0535. The molecule has 1 saturated heterocycles. The van der Waals surface area contributed by atoms with Gasteiger partial charge in [-0.3, -0.25) is 9.69 Å². The van der Waals surface area contributed by atoms with E-state index in [9.17, 15) is 13.2 Å². The number of likely N-dealkylation sites (tertiary alicyclic amines) is 1. The Morgan fingerprint density at radius 2 is 1.77 bits per heavy atom. The number of aryl methyl sites for hydroxylation is 1. The number of rotatable bonds is 3. The summed E-state index contributed by atoms with van der Waals surface area (Å²) < 4.78 is 35.8. The summed E-state index contributed by atoms with van der Waals surface area (Å²) in [6.45, 7) is 9.27. The predicted octanol–water partition coefficient (Wildman–Crippen LogP) is 6.22. The molecule has 1 N–H and O–H groups in total. The number of amides is 1. The van der Waals surface area contributed by atoms with Gasteiger partial charge in [0.05, 0.1) is 10.9 Å². The van der Waals surface area contributed by atoms with Gasteiger partial charge in [-0.1, -0.05) is 31.0 Å². The molecule has 2 bridgehead atoms. The number of nitrogens with zero attached hydrogens (tertiary/aromatic N) is 3. The number of benzene rings is 2. The van der Waals surface area contributed by atoms with Crippen LogP contribution in [0, 0.1) is 23.7 Å². The van der Waals surface area contributed by atoms with Crippen LogP contribution in [-0.2, 0) is 23.1 Å². The normalized spacial score (nSPS) is 29.3. The van der Waals surface area contributed by atoms with E-state index in [1.54, 1.807) is 13.0 Å². The maximum atomic E-state index is 13.5. The van der Waals surface area contributed by atoms with Crippen LogP contribution in [-0.4, -0.2) is 82.2 Å². The van der Waals surface area contributed by atoms with Crippen molar-refractivity contribution in [3.8, 4) is 5.75 Å². The standard InChI is InChI=1S/C37H53ClN4O4S/c1-25-8-7-10-29(20-41-22-33(23-41)40(3)4)34-15-12-30(34)21-42-17-6-5-9-27-18-32(38)14-11-31(27)24-46-36-16-13-28(19-35(36)42)37(43)39-47(44,45)26(25)2/h11,13-14,16,18-19,25-26,29-30,33-34H,5-10,12,15,17,20-24H2,1-4H3,(H,39,43)/t25-,26+,29+,30-,34-/m0/s1. The largest absolute Gasteiger partial charge is 0.487 e. The molecule has 0 radical (unpaired) electrons. The Morgan fingerprint density at radius 3 is 2.51 bits per heavy atom. The van der Waals surface area contributed by atoms with E-state index >= 15 is 0 Å². The number of sulfonamides is 1. The lowest BCUT2D eigenvalue weighted by Gasteiger charge is -2.49. The quantitative estimate of drug-likeness (QED) is 0.411. The lowest BCUT2D eigenvalue weighted by molar-refractivity contribution is 0.0123. The smallest absolute Gasteiger partial charge is 0.264 e. The molecule has 5 atom stereocenters. The molecule has 47 heavy (non-hydrogen) atoms. The Labute approximate surface area is 287 Å². The van der Waals surface area contributed by atoms with Crippen LogP contribution < -0.4 is 14.4 Å². The van der Waals surface area contributed by atoms with Gasteiger partial charge in [-0.2, -0.15) is 0 Å². The number of nitrogens with one attached hydrogen (secondary N) is 1. The van der Waals surface area contributed by atoms with Gasteiger partial charge in [-0.05, 0) is 131 Å². The van der Waals surface area contributed by atoms with Crippen LogP contribution in [0.1, 0.15) is 80.3 Å². The number of hydrogen-bond acceptors (Lipinski definition) is 7. The number of halogens is 1. The fraction of sp³-hybridized carbons (Fsp3) is 0.649. The first-order valence-corrected chi connectivity index (χ1v) is 19.6. The highest BCUT2D eigenvalue weighted by Crippen LogP contribution is 2.45. The van der Waals surface area contributed by atoms with Crippen molar-refractivity contribution in [3.63, 3.8) is 0 Å². The molecule has 1 amide bonds. The molecule has 0 aromatic heterocycles. The van der Waals surface area contributed by atoms with Gasteiger partial charge >= 0.3 is 0 Å². The van der Waals surface area contributed by atoms with E-state index in [0.29, 0.717) is 36.0 Å². The second-order valence-corrected chi connectivity index (χ2v) is 17.4. The second-order valence-electron chi connectivity index (χ2n) is 15.0. The third-order valence-electron chi connectivity index (χ3n) is 11.7. The van der Waals surface area contributed by atoms with E-state index in [1.165, 1.54) is 18.4 Å². The minimum atomic E-state index is -3.85. The highest BCUT2D eigenvalue weighted by atomic mass is 35.5. The van der Waals surface area contributed by atoms with E-state index < -0.39 is 21.2 Å². The molecular formula is C37H53ClN4O4S. The molecule has 8 nitrogen and oxygen atoms in total. The van der Waals surface area contributed by atoms with Gasteiger partial charge in [0.25, 0.3) is 5.91 Å². The summed E-state index contributed by atoms with van der Waals surface area (Å²) in [5, 5.41) is 0.0687. The molecule has 4 aliphatic rings. The summed E-state index contributed by atoms with van der Waals surface area (Å²) >= 11 is 6.38. The first kappa shape index (κ1) is 34.5. The topological polar surface area (TPSA) is 82.2 Å². The molecule has 3 aliphatic heterocycles. The van der Waals surface area contributed by atoms with Crippen LogP contribution in [0.3, 0.4) is 0 Å². The molecule has 6 rings (SSSR count). The zero-order valence-electron chi connectivity index (χ0n) is 28.6. The Hall–Kier alpha value is -2.33. The van der Waals surface area contributed by atoms with Gasteiger partial charge < -0.3 is 14.5 Å². The molecule has 1 aliphatic carbocycles. The fourth-order valence-electron chi connectivity index (χ4n) is 8.12. The molecule has 3 heterocycles. The summed E-state index contributed by atoms with van der Waals surface area (Å²) in [6, 6.07) is 12.0. The van der Waals surface area contributed by atoms with Crippen molar-refractivity contribution in [2.75, 3.05) is 51.7 Å². The van der Waals surface area contributed by atoms with Crippen LogP contribution in [0.5, 0.6) is 5.75 Å². The highest BCUT2D eigenvalue weighted by molar-refractivity contribution is 7.90. The number of carbonyl (C=O) groups is 1. The van der Waals surface area contributed by atoms with Crippen molar-refractivity contribution in [1.82, 2.24) is 14.5 Å². The van der Waals surface area contributed by atoms with Crippen molar-refractivity contribution in [2.24, 2.45) is 23.7 Å². The zero-order valence-corrected chi connectivity index (χ0v) is 30.2. The van der Waals surface area contributed by atoms with Crippen LogP contribution >= 0.6 is 11.6 Å². The van der Waals surface area contributed by atoms with Crippen molar-refractivity contribution >= 4 is 33.2 Å². The van der Waals surface area contributed by atoms with E-state index in [2.05, 4.69) is 39.6 Å². The fourth-order valence-corrected chi connectivity index (χ4v) is 9.62. The lowest BCUT2D eigenvalue weighted by Crippen LogP contribution is -2.59. The van der Waals surface area contributed by atoms with Crippen LogP contribution in [0.4, 0.5) is 5.69 Å². The SMILES string of the molecule is C[C@@H]1[C@@H](C)CCC[C@H](CN2CC(N(C)C)C2)[C@@H]2CC[C@H]2CN2CCCCc3cc(Cl)ccc3COc3ccc(cc32)C(=O)NS1(=O)=O. The summed E-state index contributed by atoms with van der Waals surface area (Å²) in [5.41, 5.74) is 3.54. The van der Waals surface area contributed by atoms with Crippen LogP contribution in [0.2, 0.25) is 5.02 Å². The molecule has 2 aromatic carbocycles. The van der Waals surface area contributed by atoms with Gasteiger partial charge in [-0.15, -0.1) is 0 Å². The Morgan fingerprint density at radius 1 is 0.957 bits per heavy atom. The zero-order chi connectivity index (χ0) is 33.3. The Bertz CT molecular complexity index is 1530. The first-order chi connectivity index (χ1) is 22.5. The monoisotopic (exact) mass is 684 g/mol. The van der Waals surface area contributed by atoms with Crippen LogP contribution in [0.25, 0.3) is 0 Å². The van der Waals surface area contributed by atoms with E-state index in [-0.39, 0.29) is 5.92 Å². The van der Waals surface area contributed by atoms with Crippen LogP contribution in [0.15, 0.2) is 36.4 Å². The number of carbonyl (C=O) groups excluding carboxylic acids is 1. The van der Waals surface area contributed by atoms with Gasteiger partial charge in [0.15, 0.2) is 0 Å². The van der Waals surface area contributed by atoms with E-state index in [0.717, 1.165) is 93.3 Å². The number of ether oxygens (including phenoxy) is 1. The van der Waals surface area contributed by atoms with Gasteiger partial charge in [0, 0.05) is 49.4 Å². The van der Waals surface area contributed by atoms with Crippen molar-refractivity contribution < 1.29 is 17.9 Å². The average Bonchev–Trinajstić information content (AvgIpc) is 3.02. The molecule has 2 aromatic rings. The van der Waals surface area contributed by atoms with Crippen molar-refractivity contribution in [3.05, 3.63) is 58.1 Å². The van der Waals surface area contributed by atoms with Gasteiger partial charge in [-0.25, -0.2) is 13.1 Å². The van der Waals surface area contributed by atoms with Gasteiger partial charge in [0.1, 0.15) is 12.4 Å². The molecule has 0 unspecified atom stereocenters. The average molecular weight is 685 g/mol. The first-order valence-electron chi connectivity index (χ1n) is 17.7. The summed E-state index contributed by atoms with van der Waals surface area (Å²) in [4.78, 5) is 20.9. The maximum absolute atomic E-state index is 13.5. The van der Waals surface area contributed by atoms with Gasteiger partial charge in [0.2, 0.25) is 10.0 Å². The molecule has 1 saturated carbocycles. The summed E-state index contributed by atoms with van der Waals surface area (Å²) in [5.74, 6) is 1.88. The van der Waals surface area contributed by atoms with Crippen molar-refractivity contribution in [1.29, 1.82) is 0 Å². The minimum Gasteiger partial charge on any atom is -0.487 e. The Balaban J connectivity index is 1.33. The summed E-state index contributed by atoms with van der Waals surface area (Å²) in [6.07, 6.45) is 8.35. The number of fused-ring (bicyclic) bond motifs is 3. The number of hydrogen-bond donors (Lipinski definition) is 1. The molecule has 10 heteroatoms. The predicted molar refractivity (Wildman–Crippen MR) is 190 cm³/mol. The molecule has 2 fully saturated rings.